The third-order valence-electron chi connectivity index (χ3n) is 6.20. The first-order valence-corrected chi connectivity index (χ1v) is 12.6. The normalized spacial score (nSPS) is 16.6. The number of carbonyl (C=O) groups excluding carboxylic acids is 1. The van der Waals surface area contributed by atoms with Crippen molar-refractivity contribution in [3.8, 4) is 0 Å². The summed E-state index contributed by atoms with van der Waals surface area (Å²) in [5, 5.41) is 19.1. The van der Waals surface area contributed by atoms with Crippen LogP contribution < -0.4 is 4.90 Å². The van der Waals surface area contributed by atoms with E-state index in [9.17, 15) is 14.7 Å². The number of carboxylic acids is 1. The molecule has 186 valence electrons. The standard InChI is InChI=1S/C29H30N2O4S/c1-18-5-11-24(20(3)15-18)31(25-12-6-19(2)16-21(25)4)23-9-7-22(8-10-23)17-26-28(34)30(29(35)36-26)14-13-27(32)33/h5-12,15-17,28,34H,13-14H2,1-4H3,(H,32,33)/b26-17+. The highest BCUT2D eigenvalue weighted by molar-refractivity contribution is 8.17. The minimum absolute atomic E-state index is 0.0284. The zero-order chi connectivity index (χ0) is 26.0. The maximum atomic E-state index is 12.3. The van der Waals surface area contributed by atoms with Crippen LogP contribution in [-0.4, -0.2) is 39.1 Å². The molecule has 6 nitrogen and oxygen atoms in total. The summed E-state index contributed by atoms with van der Waals surface area (Å²) in [7, 11) is 0. The van der Waals surface area contributed by atoms with Gasteiger partial charge in [-0.2, -0.15) is 0 Å². The third kappa shape index (κ3) is 5.48. The molecule has 0 spiro atoms. The van der Waals surface area contributed by atoms with E-state index in [0.29, 0.717) is 4.91 Å². The van der Waals surface area contributed by atoms with Gasteiger partial charge in [-0.15, -0.1) is 0 Å². The molecule has 0 aromatic heterocycles. The molecular formula is C29H30N2O4S. The first-order chi connectivity index (χ1) is 17.1. The van der Waals surface area contributed by atoms with Gasteiger partial charge in [0.15, 0.2) is 6.23 Å². The molecule has 7 heteroatoms. The molecule has 0 aliphatic carbocycles. The summed E-state index contributed by atoms with van der Waals surface area (Å²) in [5.41, 5.74) is 8.79. The summed E-state index contributed by atoms with van der Waals surface area (Å²) in [4.78, 5) is 27.0. The average molecular weight is 503 g/mol. The molecule has 0 radical (unpaired) electrons. The van der Waals surface area contributed by atoms with Crippen molar-refractivity contribution >= 4 is 46.1 Å². The molecule has 2 N–H and O–H groups in total. The quantitative estimate of drug-likeness (QED) is 0.374. The number of anilines is 3. The van der Waals surface area contributed by atoms with Crippen molar-refractivity contribution in [3.63, 3.8) is 0 Å². The van der Waals surface area contributed by atoms with Crippen LogP contribution in [0.4, 0.5) is 21.9 Å². The Kier molecular flexibility index (Phi) is 7.52. The SMILES string of the molecule is Cc1ccc(N(c2ccc(/C=C3/SC(=O)N(CCC(=O)O)C3O)cc2)c2ccc(C)cc2C)c(C)c1. The summed E-state index contributed by atoms with van der Waals surface area (Å²) >= 11 is 0.934. The molecule has 1 heterocycles. The fourth-order valence-corrected chi connectivity index (χ4v) is 5.34. The van der Waals surface area contributed by atoms with Crippen LogP contribution in [-0.2, 0) is 4.79 Å². The molecule has 1 fully saturated rings. The summed E-state index contributed by atoms with van der Waals surface area (Å²) in [6.45, 7) is 8.37. The van der Waals surface area contributed by atoms with Gasteiger partial charge in [-0.1, -0.05) is 47.5 Å². The van der Waals surface area contributed by atoms with Crippen molar-refractivity contribution in [3.05, 3.63) is 93.4 Å². The van der Waals surface area contributed by atoms with E-state index in [0.717, 1.165) is 34.4 Å². The number of hydrogen-bond acceptors (Lipinski definition) is 5. The van der Waals surface area contributed by atoms with E-state index < -0.39 is 12.2 Å². The van der Waals surface area contributed by atoms with Gasteiger partial charge in [0.2, 0.25) is 0 Å². The van der Waals surface area contributed by atoms with Crippen LogP contribution in [0.2, 0.25) is 0 Å². The number of rotatable bonds is 7. The van der Waals surface area contributed by atoms with Crippen LogP contribution in [0.5, 0.6) is 0 Å². The lowest BCUT2D eigenvalue weighted by Gasteiger charge is -2.29. The average Bonchev–Trinajstić information content (AvgIpc) is 3.08. The molecule has 1 unspecified atom stereocenters. The minimum Gasteiger partial charge on any atom is -0.481 e. The summed E-state index contributed by atoms with van der Waals surface area (Å²) in [5.74, 6) is -1.01. The van der Waals surface area contributed by atoms with Crippen molar-refractivity contribution in [1.29, 1.82) is 0 Å². The van der Waals surface area contributed by atoms with Crippen LogP contribution in [0, 0.1) is 27.7 Å². The minimum atomic E-state index is -1.14. The number of aryl methyl sites for hydroxylation is 4. The van der Waals surface area contributed by atoms with Gasteiger partial charge in [-0.25, -0.2) is 0 Å². The monoisotopic (exact) mass is 502 g/mol. The number of aliphatic hydroxyl groups is 1. The number of hydrogen-bond donors (Lipinski definition) is 2. The second-order valence-electron chi connectivity index (χ2n) is 9.13. The molecular weight excluding hydrogens is 472 g/mol. The fraction of sp³-hybridized carbons (Fsp3) is 0.241. The molecule has 3 aromatic rings. The van der Waals surface area contributed by atoms with Crippen LogP contribution in [0.15, 0.2) is 65.6 Å². The number of thioether (sulfide) groups is 1. The summed E-state index contributed by atoms with van der Waals surface area (Å²) in [6.07, 6.45) is 0.428. The molecule has 4 rings (SSSR count). The van der Waals surface area contributed by atoms with Crippen molar-refractivity contribution in [2.24, 2.45) is 0 Å². The predicted octanol–water partition coefficient (Wildman–Crippen LogP) is 6.69. The van der Waals surface area contributed by atoms with Gasteiger partial charge >= 0.3 is 5.97 Å². The van der Waals surface area contributed by atoms with Crippen LogP contribution in [0.3, 0.4) is 0 Å². The Balaban J connectivity index is 1.67. The summed E-state index contributed by atoms with van der Waals surface area (Å²) in [6, 6.07) is 20.8. The maximum absolute atomic E-state index is 12.3. The van der Waals surface area contributed by atoms with Gasteiger partial charge in [0, 0.05) is 28.5 Å². The Labute approximate surface area is 215 Å². The van der Waals surface area contributed by atoms with Gasteiger partial charge in [-0.05, 0) is 86.5 Å². The van der Waals surface area contributed by atoms with Crippen molar-refractivity contribution in [1.82, 2.24) is 4.90 Å². The van der Waals surface area contributed by atoms with E-state index in [2.05, 4.69) is 69.0 Å². The third-order valence-corrected chi connectivity index (χ3v) is 7.18. The lowest BCUT2D eigenvalue weighted by atomic mass is 10.0. The number of nitrogens with zero attached hydrogens (tertiary/aromatic N) is 2. The van der Waals surface area contributed by atoms with E-state index in [1.165, 1.54) is 27.2 Å². The van der Waals surface area contributed by atoms with Crippen LogP contribution >= 0.6 is 11.8 Å². The second kappa shape index (κ2) is 10.6. The molecule has 1 amide bonds. The van der Waals surface area contributed by atoms with E-state index in [4.69, 9.17) is 5.11 Å². The predicted molar refractivity (Wildman–Crippen MR) is 146 cm³/mol. The van der Waals surface area contributed by atoms with Gasteiger partial charge in [0.1, 0.15) is 0 Å². The van der Waals surface area contributed by atoms with Crippen LogP contribution in [0.25, 0.3) is 6.08 Å². The van der Waals surface area contributed by atoms with E-state index in [-0.39, 0.29) is 18.2 Å². The Morgan fingerprint density at radius 2 is 1.50 bits per heavy atom. The first-order valence-electron chi connectivity index (χ1n) is 11.8. The van der Waals surface area contributed by atoms with Gasteiger partial charge in [0.05, 0.1) is 6.42 Å². The lowest BCUT2D eigenvalue weighted by molar-refractivity contribution is -0.137. The highest BCUT2D eigenvalue weighted by Crippen LogP contribution is 2.40. The Morgan fingerprint density at radius 3 is 2.00 bits per heavy atom. The van der Waals surface area contributed by atoms with E-state index in [1.807, 2.05) is 24.3 Å². The second-order valence-corrected chi connectivity index (χ2v) is 10.2. The van der Waals surface area contributed by atoms with Gasteiger partial charge in [-0.3, -0.25) is 9.59 Å². The van der Waals surface area contributed by atoms with Crippen molar-refractivity contribution in [2.45, 2.75) is 40.3 Å². The zero-order valence-corrected chi connectivity index (χ0v) is 21.7. The van der Waals surface area contributed by atoms with E-state index >= 15 is 0 Å². The van der Waals surface area contributed by atoms with Crippen molar-refractivity contribution < 1.29 is 19.8 Å². The van der Waals surface area contributed by atoms with Gasteiger partial charge < -0.3 is 20.0 Å². The highest BCUT2D eigenvalue weighted by Gasteiger charge is 2.35. The maximum Gasteiger partial charge on any atom is 0.305 e. The number of carbonyl (C=O) groups is 2. The van der Waals surface area contributed by atoms with Crippen LogP contribution in [0.1, 0.15) is 34.2 Å². The largest absolute Gasteiger partial charge is 0.481 e. The summed E-state index contributed by atoms with van der Waals surface area (Å²) < 4.78 is 0. The Hall–Kier alpha value is -3.55. The number of aliphatic hydroxyl groups excluding tert-OH is 1. The number of benzene rings is 3. The molecule has 1 atom stereocenters. The lowest BCUT2D eigenvalue weighted by Crippen LogP contribution is -2.34. The molecule has 3 aromatic carbocycles. The number of amides is 1. The highest BCUT2D eigenvalue weighted by atomic mass is 32.2. The fourth-order valence-electron chi connectivity index (χ4n) is 4.40. The molecule has 0 saturated carbocycles. The number of carboxylic acid groups (broad SMARTS) is 1. The van der Waals surface area contributed by atoms with Gasteiger partial charge in [0.25, 0.3) is 5.24 Å². The van der Waals surface area contributed by atoms with E-state index in [1.54, 1.807) is 6.08 Å². The molecule has 1 saturated heterocycles. The zero-order valence-electron chi connectivity index (χ0n) is 20.9. The first kappa shape index (κ1) is 25.5. The molecule has 1 aliphatic heterocycles. The Bertz CT molecular complexity index is 1280. The Morgan fingerprint density at radius 1 is 0.944 bits per heavy atom. The molecule has 1 aliphatic rings. The molecule has 0 bridgehead atoms. The topological polar surface area (TPSA) is 81.1 Å². The number of aliphatic carboxylic acids is 1. The van der Waals surface area contributed by atoms with Crippen molar-refractivity contribution in [2.75, 3.05) is 11.4 Å². The molecule has 36 heavy (non-hydrogen) atoms. The smallest absolute Gasteiger partial charge is 0.305 e.